The molecular weight excluding hydrogens is 296 g/mol. The highest BCUT2D eigenvalue weighted by Gasteiger charge is 2.23. The first kappa shape index (κ1) is 16.7. The summed E-state index contributed by atoms with van der Waals surface area (Å²) in [6.07, 6.45) is -0.847. The van der Waals surface area contributed by atoms with Crippen LogP contribution in [0.4, 0.5) is 0 Å². The molecule has 1 atom stereocenters. The normalized spacial score (nSPS) is 11.6. The Balaban J connectivity index is 2.26. The van der Waals surface area contributed by atoms with Gasteiger partial charge in [-0.05, 0) is 30.7 Å². The summed E-state index contributed by atoms with van der Waals surface area (Å²) < 4.78 is 16.2. The Morgan fingerprint density at radius 1 is 1.04 bits per heavy atom. The minimum Gasteiger partial charge on any atom is -0.496 e. The third-order valence-corrected chi connectivity index (χ3v) is 3.45. The smallest absolute Gasteiger partial charge is 0.345 e. The van der Waals surface area contributed by atoms with Crippen LogP contribution in [0.3, 0.4) is 0 Å². The monoisotopic (exact) mass is 316 g/mol. The van der Waals surface area contributed by atoms with Crippen molar-refractivity contribution in [1.29, 1.82) is 0 Å². The molecule has 0 saturated carbocycles. The first-order valence-electron chi connectivity index (χ1n) is 7.21. The lowest BCUT2D eigenvalue weighted by Gasteiger charge is -2.18. The van der Waals surface area contributed by atoms with Gasteiger partial charge in [0.05, 0.1) is 14.2 Å². The number of hydrogen-bond donors (Lipinski definition) is 1. The van der Waals surface area contributed by atoms with Gasteiger partial charge in [-0.1, -0.05) is 29.8 Å². The van der Waals surface area contributed by atoms with Gasteiger partial charge in [0.1, 0.15) is 5.75 Å². The Hall–Kier alpha value is -2.69. The molecule has 2 rings (SSSR count). The predicted molar refractivity (Wildman–Crippen MR) is 86.5 cm³/mol. The zero-order valence-corrected chi connectivity index (χ0v) is 13.4. The molecule has 0 aliphatic heterocycles. The predicted octanol–water partition coefficient (Wildman–Crippen LogP) is 3.09. The SMILES string of the molecule is COc1ccc(C)cc1CC(Oc1ccccc1OC)C(=O)O. The topological polar surface area (TPSA) is 65.0 Å². The van der Waals surface area contributed by atoms with Gasteiger partial charge in [0.2, 0.25) is 0 Å². The van der Waals surface area contributed by atoms with Gasteiger partial charge in [0.25, 0.3) is 0 Å². The van der Waals surface area contributed by atoms with Crippen LogP contribution in [0.15, 0.2) is 42.5 Å². The van der Waals surface area contributed by atoms with Crippen LogP contribution in [0, 0.1) is 6.92 Å². The van der Waals surface area contributed by atoms with Crippen LogP contribution in [0.5, 0.6) is 17.2 Å². The molecule has 122 valence electrons. The van der Waals surface area contributed by atoms with Crippen LogP contribution >= 0.6 is 0 Å². The van der Waals surface area contributed by atoms with E-state index in [0.717, 1.165) is 11.1 Å². The lowest BCUT2D eigenvalue weighted by Crippen LogP contribution is -2.29. The van der Waals surface area contributed by atoms with Crippen molar-refractivity contribution >= 4 is 5.97 Å². The molecule has 23 heavy (non-hydrogen) atoms. The maximum Gasteiger partial charge on any atom is 0.345 e. The number of methoxy groups -OCH3 is 2. The summed E-state index contributed by atoms with van der Waals surface area (Å²) in [5.41, 5.74) is 1.82. The van der Waals surface area contributed by atoms with E-state index in [1.54, 1.807) is 31.4 Å². The Bertz CT molecular complexity index is 681. The van der Waals surface area contributed by atoms with Crippen molar-refractivity contribution in [2.45, 2.75) is 19.4 Å². The highest BCUT2D eigenvalue weighted by Crippen LogP contribution is 2.29. The van der Waals surface area contributed by atoms with Crippen LogP contribution in [0.2, 0.25) is 0 Å². The average Bonchev–Trinajstić information content (AvgIpc) is 2.54. The fourth-order valence-corrected chi connectivity index (χ4v) is 2.32. The maximum absolute atomic E-state index is 11.6. The van der Waals surface area contributed by atoms with E-state index in [1.165, 1.54) is 7.11 Å². The van der Waals surface area contributed by atoms with E-state index in [9.17, 15) is 9.90 Å². The van der Waals surface area contributed by atoms with Crippen LogP contribution in [-0.4, -0.2) is 31.4 Å². The molecule has 0 heterocycles. The highest BCUT2D eigenvalue weighted by atomic mass is 16.5. The lowest BCUT2D eigenvalue weighted by molar-refractivity contribution is -0.145. The number of aliphatic carboxylic acids is 1. The summed E-state index contributed by atoms with van der Waals surface area (Å²) in [6, 6.07) is 12.6. The number of carbonyl (C=O) groups is 1. The minimum atomic E-state index is -1.04. The molecule has 0 aliphatic rings. The molecule has 2 aromatic carbocycles. The van der Waals surface area contributed by atoms with Crippen molar-refractivity contribution in [3.8, 4) is 17.2 Å². The molecule has 0 saturated heterocycles. The van der Waals surface area contributed by atoms with Gasteiger partial charge in [-0.3, -0.25) is 0 Å². The van der Waals surface area contributed by atoms with Crippen molar-refractivity contribution in [1.82, 2.24) is 0 Å². The summed E-state index contributed by atoms with van der Waals surface area (Å²) in [7, 11) is 3.08. The number of carboxylic acid groups (broad SMARTS) is 1. The molecule has 0 aliphatic carbocycles. The zero-order chi connectivity index (χ0) is 16.8. The van der Waals surface area contributed by atoms with E-state index < -0.39 is 12.1 Å². The Morgan fingerprint density at radius 3 is 2.30 bits per heavy atom. The Kier molecular flexibility index (Phi) is 5.46. The molecule has 2 aromatic rings. The Labute approximate surface area is 135 Å². The molecule has 0 spiro atoms. The number of hydrogen-bond acceptors (Lipinski definition) is 4. The van der Waals surface area contributed by atoms with Gasteiger partial charge in [0, 0.05) is 6.42 Å². The first-order valence-corrected chi connectivity index (χ1v) is 7.21. The van der Waals surface area contributed by atoms with Crippen molar-refractivity contribution in [3.63, 3.8) is 0 Å². The number of para-hydroxylation sites is 2. The van der Waals surface area contributed by atoms with E-state index in [-0.39, 0.29) is 6.42 Å². The lowest BCUT2D eigenvalue weighted by atomic mass is 10.0. The second kappa shape index (κ2) is 7.54. The van der Waals surface area contributed by atoms with Crippen molar-refractivity contribution < 1.29 is 24.1 Å². The zero-order valence-electron chi connectivity index (χ0n) is 13.4. The van der Waals surface area contributed by atoms with Gasteiger partial charge in [0.15, 0.2) is 17.6 Å². The maximum atomic E-state index is 11.6. The van der Waals surface area contributed by atoms with Gasteiger partial charge in [-0.25, -0.2) is 4.79 Å². The van der Waals surface area contributed by atoms with E-state index in [1.807, 2.05) is 25.1 Å². The summed E-state index contributed by atoms with van der Waals surface area (Å²) in [5, 5.41) is 9.49. The molecule has 0 aromatic heterocycles. The van der Waals surface area contributed by atoms with Crippen LogP contribution in [0.25, 0.3) is 0 Å². The third-order valence-electron chi connectivity index (χ3n) is 3.45. The molecule has 5 nitrogen and oxygen atoms in total. The molecule has 1 N–H and O–H groups in total. The van der Waals surface area contributed by atoms with Crippen LogP contribution in [-0.2, 0) is 11.2 Å². The number of benzene rings is 2. The van der Waals surface area contributed by atoms with Gasteiger partial charge < -0.3 is 19.3 Å². The second-order valence-electron chi connectivity index (χ2n) is 5.12. The summed E-state index contributed by atoms with van der Waals surface area (Å²) >= 11 is 0. The Morgan fingerprint density at radius 2 is 1.70 bits per heavy atom. The second-order valence-corrected chi connectivity index (χ2v) is 5.12. The summed E-state index contributed by atoms with van der Waals surface area (Å²) in [4.78, 5) is 11.6. The summed E-state index contributed by atoms with van der Waals surface area (Å²) in [6.45, 7) is 1.94. The highest BCUT2D eigenvalue weighted by molar-refractivity contribution is 5.73. The van der Waals surface area contributed by atoms with Gasteiger partial charge in [-0.15, -0.1) is 0 Å². The van der Waals surface area contributed by atoms with E-state index in [4.69, 9.17) is 14.2 Å². The molecule has 5 heteroatoms. The third kappa shape index (κ3) is 4.16. The minimum absolute atomic E-state index is 0.193. The standard InChI is InChI=1S/C18H20O5/c1-12-8-9-14(21-2)13(10-12)11-17(18(19)20)23-16-7-5-4-6-15(16)22-3/h4-10,17H,11H2,1-3H3,(H,19,20). The van der Waals surface area contributed by atoms with E-state index >= 15 is 0 Å². The molecule has 0 fully saturated rings. The van der Waals surface area contributed by atoms with Crippen molar-refractivity contribution in [2.75, 3.05) is 14.2 Å². The van der Waals surface area contributed by atoms with Crippen LogP contribution < -0.4 is 14.2 Å². The average molecular weight is 316 g/mol. The molecule has 0 radical (unpaired) electrons. The molecular formula is C18H20O5. The van der Waals surface area contributed by atoms with Gasteiger partial charge >= 0.3 is 5.97 Å². The number of aryl methyl sites for hydroxylation is 1. The van der Waals surface area contributed by atoms with Crippen molar-refractivity contribution in [2.24, 2.45) is 0 Å². The quantitative estimate of drug-likeness (QED) is 0.850. The van der Waals surface area contributed by atoms with E-state index in [0.29, 0.717) is 17.2 Å². The largest absolute Gasteiger partial charge is 0.496 e. The fourth-order valence-electron chi connectivity index (χ4n) is 2.32. The van der Waals surface area contributed by atoms with Crippen molar-refractivity contribution in [3.05, 3.63) is 53.6 Å². The molecule has 0 bridgehead atoms. The van der Waals surface area contributed by atoms with Gasteiger partial charge in [-0.2, -0.15) is 0 Å². The van der Waals surface area contributed by atoms with E-state index in [2.05, 4.69) is 0 Å². The van der Waals surface area contributed by atoms with Crippen LogP contribution in [0.1, 0.15) is 11.1 Å². The first-order chi connectivity index (χ1) is 11.0. The number of ether oxygens (including phenoxy) is 3. The molecule has 0 amide bonds. The number of carboxylic acids is 1. The summed E-state index contributed by atoms with van der Waals surface area (Å²) in [5.74, 6) is 0.494. The molecule has 1 unspecified atom stereocenters. The number of rotatable bonds is 7. The fraction of sp³-hybridized carbons (Fsp3) is 0.278.